The predicted octanol–water partition coefficient (Wildman–Crippen LogP) is 6.40. The van der Waals surface area contributed by atoms with E-state index in [9.17, 15) is 18.0 Å². The van der Waals surface area contributed by atoms with Crippen molar-refractivity contribution < 1.29 is 18.0 Å². The molecule has 7 nitrogen and oxygen atoms in total. The maximum absolute atomic E-state index is 14.5. The summed E-state index contributed by atoms with van der Waals surface area (Å²) < 4.78 is 29.4. The summed E-state index contributed by atoms with van der Waals surface area (Å²) in [6.07, 6.45) is 1.98. The number of nitrogens with one attached hydrogen (secondary N) is 1. The van der Waals surface area contributed by atoms with Gasteiger partial charge in [-0.2, -0.15) is 0 Å². The van der Waals surface area contributed by atoms with Gasteiger partial charge >= 0.3 is 0 Å². The zero-order valence-electron chi connectivity index (χ0n) is 25.0. The van der Waals surface area contributed by atoms with Crippen LogP contribution in [0, 0.1) is 6.92 Å². The lowest BCUT2D eigenvalue weighted by atomic mass is 10.0. The molecule has 4 rings (SSSR count). The van der Waals surface area contributed by atoms with Gasteiger partial charge in [0.25, 0.3) is 10.0 Å². The molecule has 9 heteroatoms. The minimum Gasteiger partial charge on any atom is -0.354 e. The SMILES string of the molecule is CCCCNC(=O)[C@H](Cc1ccccc1)N(Cc1ccccc1)C(=O)CN(c1ccccc1C)S(=O)(=O)c1ccc(Cl)cc1. The van der Waals surface area contributed by atoms with Gasteiger partial charge in [0.05, 0.1) is 10.6 Å². The molecule has 0 aliphatic carbocycles. The van der Waals surface area contributed by atoms with Crippen LogP contribution in [0.25, 0.3) is 0 Å². The predicted molar refractivity (Wildman–Crippen MR) is 176 cm³/mol. The minimum atomic E-state index is -4.19. The van der Waals surface area contributed by atoms with Gasteiger partial charge in [-0.1, -0.05) is 104 Å². The van der Waals surface area contributed by atoms with Crippen LogP contribution in [0.4, 0.5) is 5.69 Å². The number of anilines is 1. The Hall–Kier alpha value is -4.14. The number of unbranched alkanes of at least 4 members (excludes halogenated alkanes) is 1. The van der Waals surface area contributed by atoms with Crippen molar-refractivity contribution in [3.05, 3.63) is 131 Å². The second-order valence-corrected chi connectivity index (χ2v) is 12.9. The summed E-state index contributed by atoms with van der Waals surface area (Å²) in [6, 6.07) is 30.9. The first kappa shape index (κ1) is 32.8. The average Bonchev–Trinajstić information content (AvgIpc) is 3.03. The number of halogens is 1. The highest BCUT2D eigenvalue weighted by Gasteiger charge is 2.35. The fraction of sp³-hybridized carbons (Fsp3) is 0.257. The van der Waals surface area contributed by atoms with E-state index < -0.39 is 28.5 Å². The van der Waals surface area contributed by atoms with Gasteiger partial charge in [-0.25, -0.2) is 8.42 Å². The first-order valence-electron chi connectivity index (χ1n) is 14.7. The molecule has 0 bridgehead atoms. The van der Waals surface area contributed by atoms with Gasteiger partial charge < -0.3 is 10.2 Å². The molecule has 0 radical (unpaired) electrons. The normalized spacial score (nSPS) is 11.9. The minimum absolute atomic E-state index is 0.00528. The summed E-state index contributed by atoms with van der Waals surface area (Å²) >= 11 is 6.06. The Kier molecular flexibility index (Phi) is 11.6. The zero-order valence-corrected chi connectivity index (χ0v) is 26.6. The van der Waals surface area contributed by atoms with E-state index in [0.717, 1.165) is 28.3 Å². The topological polar surface area (TPSA) is 86.8 Å². The number of carbonyl (C=O) groups excluding carboxylic acids is 2. The average molecular weight is 632 g/mol. The van der Waals surface area contributed by atoms with Crippen LogP contribution in [0.15, 0.2) is 114 Å². The van der Waals surface area contributed by atoms with Gasteiger partial charge in [-0.3, -0.25) is 13.9 Å². The first-order valence-corrected chi connectivity index (χ1v) is 16.5. The Morgan fingerprint density at radius 1 is 0.818 bits per heavy atom. The third-order valence-electron chi connectivity index (χ3n) is 7.36. The molecule has 4 aromatic carbocycles. The van der Waals surface area contributed by atoms with Crippen LogP contribution in [-0.4, -0.2) is 44.3 Å². The van der Waals surface area contributed by atoms with E-state index in [-0.39, 0.29) is 23.8 Å². The molecule has 4 aromatic rings. The van der Waals surface area contributed by atoms with E-state index in [0.29, 0.717) is 22.8 Å². The van der Waals surface area contributed by atoms with E-state index in [1.807, 2.05) is 73.7 Å². The van der Waals surface area contributed by atoms with Crippen LogP contribution in [-0.2, 0) is 32.6 Å². The van der Waals surface area contributed by atoms with Crippen molar-refractivity contribution in [2.24, 2.45) is 0 Å². The molecule has 2 amide bonds. The number of aryl methyl sites for hydroxylation is 1. The summed E-state index contributed by atoms with van der Waals surface area (Å²) in [5, 5.41) is 3.40. The van der Waals surface area contributed by atoms with E-state index in [1.165, 1.54) is 29.2 Å². The monoisotopic (exact) mass is 631 g/mol. The molecule has 44 heavy (non-hydrogen) atoms. The Balaban J connectivity index is 1.78. The fourth-order valence-electron chi connectivity index (χ4n) is 4.93. The number of rotatable bonds is 14. The Morgan fingerprint density at radius 3 is 2.02 bits per heavy atom. The van der Waals surface area contributed by atoms with Crippen LogP contribution < -0.4 is 9.62 Å². The molecule has 1 atom stereocenters. The van der Waals surface area contributed by atoms with Gasteiger partial charge in [0.15, 0.2) is 0 Å². The quantitative estimate of drug-likeness (QED) is 0.163. The molecule has 0 saturated heterocycles. The standard InChI is InChI=1S/C35H38ClN3O4S/c1-3-4-23-37-35(41)33(24-28-14-7-5-8-15-28)38(25-29-16-9-6-10-17-29)34(40)26-39(32-18-12-11-13-27(32)2)44(42,43)31-21-19-30(36)20-22-31/h5-22,33H,3-4,23-26H2,1-2H3,(H,37,41)/t33-/m0/s1. The Bertz CT molecular complexity index is 1630. The van der Waals surface area contributed by atoms with Crippen molar-refractivity contribution >= 4 is 39.1 Å². The summed E-state index contributed by atoms with van der Waals surface area (Å²) in [6.45, 7) is 3.94. The fourth-order valence-corrected chi connectivity index (χ4v) is 6.54. The van der Waals surface area contributed by atoms with E-state index >= 15 is 0 Å². The molecule has 0 aliphatic rings. The number of benzene rings is 4. The number of hydrogen-bond acceptors (Lipinski definition) is 4. The Labute approximate surface area is 265 Å². The summed E-state index contributed by atoms with van der Waals surface area (Å²) in [5.74, 6) is -0.782. The van der Waals surface area contributed by atoms with E-state index in [2.05, 4.69) is 5.32 Å². The van der Waals surface area contributed by atoms with Gasteiger partial charge in [-0.05, 0) is 60.4 Å². The van der Waals surface area contributed by atoms with Crippen molar-refractivity contribution in [3.63, 3.8) is 0 Å². The summed E-state index contributed by atoms with van der Waals surface area (Å²) in [5.41, 5.74) is 2.77. The highest BCUT2D eigenvalue weighted by Crippen LogP contribution is 2.28. The second kappa shape index (κ2) is 15.5. The number of para-hydroxylation sites is 1. The van der Waals surface area contributed by atoms with Gasteiger partial charge in [0.2, 0.25) is 11.8 Å². The number of hydrogen-bond donors (Lipinski definition) is 1. The maximum Gasteiger partial charge on any atom is 0.264 e. The smallest absolute Gasteiger partial charge is 0.264 e. The van der Waals surface area contributed by atoms with Crippen LogP contribution in [0.2, 0.25) is 5.02 Å². The largest absolute Gasteiger partial charge is 0.354 e. The molecular formula is C35H38ClN3O4S. The first-order chi connectivity index (χ1) is 21.2. The molecule has 0 saturated carbocycles. The van der Waals surface area contributed by atoms with Crippen molar-refractivity contribution in [2.45, 2.75) is 50.6 Å². The van der Waals surface area contributed by atoms with Crippen molar-refractivity contribution in [2.75, 3.05) is 17.4 Å². The van der Waals surface area contributed by atoms with Crippen molar-refractivity contribution in [1.29, 1.82) is 0 Å². The van der Waals surface area contributed by atoms with E-state index in [1.54, 1.807) is 25.1 Å². The van der Waals surface area contributed by atoms with Crippen molar-refractivity contribution in [1.82, 2.24) is 10.2 Å². The van der Waals surface area contributed by atoms with Crippen LogP contribution in [0.1, 0.15) is 36.5 Å². The number of nitrogens with zero attached hydrogens (tertiary/aromatic N) is 2. The van der Waals surface area contributed by atoms with Crippen molar-refractivity contribution in [3.8, 4) is 0 Å². The molecule has 230 valence electrons. The van der Waals surface area contributed by atoms with Crippen LogP contribution in [0.5, 0.6) is 0 Å². The highest BCUT2D eigenvalue weighted by molar-refractivity contribution is 7.92. The van der Waals surface area contributed by atoms with Crippen LogP contribution >= 0.6 is 11.6 Å². The second-order valence-electron chi connectivity index (χ2n) is 10.6. The number of carbonyl (C=O) groups is 2. The molecular weight excluding hydrogens is 594 g/mol. The Morgan fingerprint density at radius 2 is 1.41 bits per heavy atom. The summed E-state index contributed by atoms with van der Waals surface area (Å²) in [4.78, 5) is 29.7. The maximum atomic E-state index is 14.5. The molecule has 0 fully saturated rings. The molecule has 0 unspecified atom stereocenters. The molecule has 1 N–H and O–H groups in total. The lowest BCUT2D eigenvalue weighted by molar-refractivity contribution is -0.140. The van der Waals surface area contributed by atoms with Gasteiger partial charge in [-0.15, -0.1) is 0 Å². The molecule has 0 spiro atoms. The molecule has 0 heterocycles. The molecule has 0 aliphatic heterocycles. The van der Waals surface area contributed by atoms with Crippen LogP contribution in [0.3, 0.4) is 0 Å². The lowest BCUT2D eigenvalue weighted by Gasteiger charge is -2.34. The third kappa shape index (κ3) is 8.49. The van der Waals surface area contributed by atoms with Gasteiger partial charge in [0.1, 0.15) is 12.6 Å². The third-order valence-corrected chi connectivity index (χ3v) is 9.39. The number of amides is 2. The zero-order chi connectivity index (χ0) is 31.5. The van der Waals surface area contributed by atoms with Gasteiger partial charge in [0, 0.05) is 24.5 Å². The summed E-state index contributed by atoms with van der Waals surface area (Å²) in [7, 11) is -4.19. The number of sulfonamides is 1. The molecule has 0 aromatic heterocycles. The van der Waals surface area contributed by atoms with E-state index in [4.69, 9.17) is 11.6 Å². The lowest BCUT2D eigenvalue weighted by Crippen LogP contribution is -2.53. The highest BCUT2D eigenvalue weighted by atomic mass is 35.5.